The molecule has 0 spiro atoms. The third-order valence-corrected chi connectivity index (χ3v) is 6.78. The van der Waals surface area contributed by atoms with Crippen molar-refractivity contribution in [2.45, 2.75) is 19.4 Å². The van der Waals surface area contributed by atoms with Gasteiger partial charge in [-0.2, -0.15) is 22.0 Å². The van der Waals surface area contributed by atoms with Crippen LogP contribution in [0.15, 0.2) is 28.8 Å². The molecular weight excluding hydrogens is 406 g/mol. The molecule has 11 heteroatoms. The lowest BCUT2D eigenvalue weighted by Gasteiger charge is -2.32. The summed E-state index contributed by atoms with van der Waals surface area (Å²) in [6.07, 6.45) is 1.25. The Bertz CT molecular complexity index is 947. The number of carbonyl (C=O) groups excluding carboxylic acids is 1. The molecule has 1 aliphatic heterocycles. The smallest absolute Gasteiger partial charge is 0.281 e. The van der Waals surface area contributed by atoms with Crippen LogP contribution in [0.2, 0.25) is 5.02 Å². The Kier molecular flexibility index (Phi) is 6.33. The average Bonchev–Trinajstić information content (AvgIpc) is 3.15. The summed E-state index contributed by atoms with van der Waals surface area (Å²) in [6, 6.07) is 7.12. The second-order valence-corrected chi connectivity index (χ2v) is 9.25. The Labute approximate surface area is 168 Å². The second kappa shape index (κ2) is 8.56. The van der Waals surface area contributed by atoms with E-state index in [2.05, 4.69) is 15.5 Å². The van der Waals surface area contributed by atoms with E-state index >= 15 is 0 Å². The summed E-state index contributed by atoms with van der Waals surface area (Å²) in [4.78, 5) is 16.7. The number of nitrogens with zero attached hydrogens (tertiary/aromatic N) is 4. The molecular formula is C17H22ClN5O4S. The second-order valence-electron chi connectivity index (χ2n) is 6.70. The normalized spacial score (nSPS) is 18.4. The Hall–Kier alpha value is -2.01. The zero-order valence-corrected chi connectivity index (χ0v) is 17.2. The number of hydrogen-bond donors (Lipinski definition) is 1. The Morgan fingerprint density at radius 3 is 2.86 bits per heavy atom. The van der Waals surface area contributed by atoms with Gasteiger partial charge in [-0.15, -0.1) is 0 Å². The summed E-state index contributed by atoms with van der Waals surface area (Å²) in [6.45, 7) is 0.628. The molecule has 1 amide bonds. The van der Waals surface area contributed by atoms with E-state index in [1.54, 1.807) is 18.2 Å². The van der Waals surface area contributed by atoms with Crippen LogP contribution in [0.4, 0.5) is 0 Å². The summed E-state index contributed by atoms with van der Waals surface area (Å²) in [7, 11) is -0.577. The summed E-state index contributed by atoms with van der Waals surface area (Å²) in [5.41, 5.74) is 0.641. The fourth-order valence-electron chi connectivity index (χ4n) is 2.98. The average molecular weight is 428 g/mol. The van der Waals surface area contributed by atoms with Crippen LogP contribution in [0.5, 0.6) is 0 Å². The Morgan fingerprint density at radius 2 is 2.14 bits per heavy atom. The standard InChI is InChI=1S/C17H22ClN5O4S/c1-22(2)28(25,26)23-9-5-6-12(11-23)17(24)19-10-15-20-16(21-27-15)13-7-3-4-8-14(13)18/h3-4,7-8,12H,5-6,9-11H2,1-2H3,(H,19,24)/t12-/m1/s1. The van der Waals surface area contributed by atoms with Crippen LogP contribution in [0.3, 0.4) is 0 Å². The molecule has 1 aliphatic rings. The highest BCUT2D eigenvalue weighted by atomic mass is 35.5. The number of carbonyl (C=O) groups is 1. The maximum Gasteiger partial charge on any atom is 0.281 e. The topological polar surface area (TPSA) is 109 Å². The molecule has 1 aromatic heterocycles. The minimum atomic E-state index is -3.53. The van der Waals surface area contributed by atoms with Gasteiger partial charge in [-0.25, -0.2) is 0 Å². The summed E-state index contributed by atoms with van der Waals surface area (Å²) < 4.78 is 32.2. The van der Waals surface area contributed by atoms with Gasteiger partial charge in [0.25, 0.3) is 10.2 Å². The van der Waals surface area contributed by atoms with Crippen LogP contribution in [0.1, 0.15) is 18.7 Å². The molecule has 0 saturated carbocycles. The number of hydrogen-bond acceptors (Lipinski definition) is 6. The largest absolute Gasteiger partial charge is 0.347 e. The molecule has 0 radical (unpaired) electrons. The predicted molar refractivity (Wildman–Crippen MR) is 103 cm³/mol. The van der Waals surface area contributed by atoms with Crippen molar-refractivity contribution in [3.63, 3.8) is 0 Å². The highest BCUT2D eigenvalue weighted by Gasteiger charge is 2.33. The first kappa shape index (κ1) is 20.7. The molecule has 1 saturated heterocycles. The van der Waals surface area contributed by atoms with Crippen LogP contribution >= 0.6 is 11.6 Å². The van der Waals surface area contributed by atoms with E-state index in [9.17, 15) is 13.2 Å². The molecule has 1 atom stereocenters. The van der Waals surface area contributed by atoms with E-state index in [0.717, 1.165) is 4.31 Å². The van der Waals surface area contributed by atoms with Gasteiger partial charge in [-0.1, -0.05) is 28.9 Å². The maximum absolute atomic E-state index is 12.5. The molecule has 3 rings (SSSR count). The van der Waals surface area contributed by atoms with Crippen LogP contribution in [0.25, 0.3) is 11.4 Å². The Morgan fingerprint density at radius 1 is 1.39 bits per heavy atom. The van der Waals surface area contributed by atoms with Gasteiger partial charge in [0.2, 0.25) is 17.6 Å². The van der Waals surface area contributed by atoms with Crippen LogP contribution in [-0.2, 0) is 21.5 Å². The van der Waals surface area contributed by atoms with Gasteiger partial charge in [0.15, 0.2) is 0 Å². The van der Waals surface area contributed by atoms with Crippen molar-refractivity contribution in [1.29, 1.82) is 0 Å². The molecule has 152 valence electrons. The van der Waals surface area contributed by atoms with E-state index < -0.39 is 16.1 Å². The first-order valence-corrected chi connectivity index (χ1v) is 10.6. The van der Waals surface area contributed by atoms with Gasteiger partial charge >= 0.3 is 0 Å². The lowest BCUT2D eigenvalue weighted by molar-refractivity contribution is -0.126. The number of rotatable bonds is 6. The van der Waals surface area contributed by atoms with Crippen molar-refractivity contribution in [1.82, 2.24) is 24.1 Å². The summed E-state index contributed by atoms with van der Waals surface area (Å²) in [5.74, 6) is -0.0711. The number of nitrogens with one attached hydrogen (secondary N) is 1. The minimum Gasteiger partial charge on any atom is -0.347 e. The first-order valence-electron chi connectivity index (χ1n) is 8.82. The van der Waals surface area contributed by atoms with Crippen molar-refractivity contribution in [2.24, 2.45) is 5.92 Å². The molecule has 1 N–H and O–H groups in total. The fraction of sp³-hybridized carbons (Fsp3) is 0.471. The molecule has 2 heterocycles. The molecule has 0 bridgehead atoms. The van der Waals surface area contributed by atoms with Crippen molar-refractivity contribution in [3.05, 3.63) is 35.2 Å². The number of amides is 1. The van der Waals surface area contributed by atoms with Crippen LogP contribution in [0, 0.1) is 5.92 Å². The SMILES string of the molecule is CN(C)S(=O)(=O)N1CCC[C@@H](C(=O)NCc2nc(-c3ccccc3Cl)no2)C1. The first-order chi connectivity index (χ1) is 13.3. The van der Waals surface area contributed by atoms with Crippen LogP contribution in [-0.4, -0.2) is 60.3 Å². The van der Waals surface area contributed by atoms with Gasteiger partial charge in [0.1, 0.15) is 0 Å². The third kappa shape index (κ3) is 4.52. The molecule has 2 aromatic rings. The molecule has 9 nitrogen and oxygen atoms in total. The zero-order chi connectivity index (χ0) is 20.3. The van der Waals surface area contributed by atoms with E-state index in [0.29, 0.717) is 35.8 Å². The number of benzene rings is 1. The minimum absolute atomic E-state index is 0.0627. The molecule has 28 heavy (non-hydrogen) atoms. The molecule has 1 fully saturated rings. The number of aromatic nitrogens is 2. The summed E-state index contributed by atoms with van der Waals surface area (Å²) in [5, 5.41) is 7.14. The zero-order valence-electron chi connectivity index (χ0n) is 15.6. The summed E-state index contributed by atoms with van der Waals surface area (Å²) >= 11 is 6.12. The maximum atomic E-state index is 12.5. The molecule has 0 aliphatic carbocycles. The molecule has 0 unspecified atom stereocenters. The predicted octanol–water partition coefficient (Wildman–Crippen LogP) is 1.52. The van der Waals surface area contributed by atoms with Gasteiger partial charge in [-0.3, -0.25) is 4.79 Å². The van der Waals surface area contributed by atoms with E-state index in [1.807, 2.05) is 6.07 Å². The quantitative estimate of drug-likeness (QED) is 0.748. The highest BCUT2D eigenvalue weighted by molar-refractivity contribution is 7.86. The van der Waals surface area contributed by atoms with Crippen molar-refractivity contribution >= 4 is 27.7 Å². The van der Waals surface area contributed by atoms with Crippen molar-refractivity contribution in [3.8, 4) is 11.4 Å². The fourth-order valence-corrected chi connectivity index (χ4v) is 4.39. The number of halogens is 1. The lowest BCUT2D eigenvalue weighted by Crippen LogP contribution is -2.48. The van der Waals surface area contributed by atoms with Crippen molar-refractivity contribution in [2.75, 3.05) is 27.2 Å². The van der Waals surface area contributed by atoms with E-state index in [-0.39, 0.29) is 24.9 Å². The lowest BCUT2D eigenvalue weighted by atomic mass is 9.99. The van der Waals surface area contributed by atoms with E-state index in [4.69, 9.17) is 16.1 Å². The van der Waals surface area contributed by atoms with Gasteiger partial charge < -0.3 is 9.84 Å². The number of piperidine rings is 1. The van der Waals surface area contributed by atoms with E-state index in [1.165, 1.54) is 18.4 Å². The van der Waals surface area contributed by atoms with Gasteiger partial charge in [-0.05, 0) is 25.0 Å². The monoisotopic (exact) mass is 427 g/mol. The van der Waals surface area contributed by atoms with Gasteiger partial charge in [0.05, 0.1) is 17.5 Å². The van der Waals surface area contributed by atoms with Crippen molar-refractivity contribution < 1.29 is 17.7 Å². The van der Waals surface area contributed by atoms with Crippen LogP contribution < -0.4 is 5.32 Å². The Balaban J connectivity index is 1.59. The van der Waals surface area contributed by atoms with Gasteiger partial charge in [0, 0.05) is 32.7 Å². The highest BCUT2D eigenvalue weighted by Crippen LogP contribution is 2.25. The third-order valence-electron chi connectivity index (χ3n) is 4.54. The molecule has 1 aromatic carbocycles.